The third-order valence-corrected chi connectivity index (χ3v) is 3.56. The number of carbonyl (C=O) groups is 2. The van der Waals surface area contributed by atoms with Gasteiger partial charge in [-0.3, -0.25) is 4.79 Å². The molecule has 2 rings (SSSR count). The molecular formula is C19H16F5NO5. The average molecular weight is 433 g/mol. The summed E-state index contributed by atoms with van der Waals surface area (Å²) in [5.74, 6) is -4.28. The highest BCUT2D eigenvalue weighted by Gasteiger charge is 2.31. The number of alkyl halides is 3. The van der Waals surface area contributed by atoms with Crippen molar-refractivity contribution in [3.8, 4) is 5.75 Å². The van der Waals surface area contributed by atoms with Crippen molar-refractivity contribution < 1.29 is 45.8 Å². The van der Waals surface area contributed by atoms with E-state index in [-0.39, 0.29) is 24.7 Å². The van der Waals surface area contributed by atoms with Crippen LogP contribution in [-0.4, -0.2) is 38.8 Å². The van der Waals surface area contributed by atoms with Crippen LogP contribution in [0.5, 0.6) is 5.75 Å². The number of amides is 1. The summed E-state index contributed by atoms with van der Waals surface area (Å²) in [6, 6.07) is 4.41. The van der Waals surface area contributed by atoms with E-state index in [2.05, 4.69) is 10.1 Å². The zero-order valence-corrected chi connectivity index (χ0v) is 15.5. The Morgan fingerprint density at radius 3 is 2.27 bits per heavy atom. The fourth-order valence-electron chi connectivity index (χ4n) is 2.24. The highest BCUT2D eigenvalue weighted by atomic mass is 19.4. The minimum Gasteiger partial charge on any atom is -0.489 e. The summed E-state index contributed by atoms with van der Waals surface area (Å²) in [5, 5.41) is 2.15. The number of benzene rings is 2. The van der Waals surface area contributed by atoms with Crippen LogP contribution in [0.25, 0.3) is 0 Å². The molecule has 0 heterocycles. The van der Waals surface area contributed by atoms with Crippen LogP contribution in [0.1, 0.15) is 15.9 Å². The van der Waals surface area contributed by atoms with Crippen LogP contribution >= 0.6 is 0 Å². The van der Waals surface area contributed by atoms with E-state index in [1.165, 1.54) is 7.11 Å². The minimum atomic E-state index is -4.67. The number of carbonyl (C=O) groups excluding carboxylic acids is 2. The summed E-state index contributed by atoms with van der Waals surface area (Å²) in [7, 11) is 1.40. The number of anilines is 1. The molecule has 0 radical (unpaired) electrons. The predicted octanol–water partition coefficient (Wildman–Crippen LogP) is 3.80. The van der Waals surface area contributed by atoms with Crippen molar-refractivity contribution in [2.75, 3.05) is 32.2 Å². The largest absolute Gasteiger partial charge is 0.489 e. The van der Waals surface area contributed by atoms with Crippen molar-refractivity contribution in [3.63, 3.8) is 0 Å². The summed E-state index contributed by atoms with van der Waals surface area (Å²) < 4.78 is 79.8. The van der Waals surface area contributed by atoms with Crippen molar-refractivity contribution in [1.29, 1.82) is 0 Å². The fourth-order valence-corrected chi connectivity index (χ4v) is 2.24. The molecule has 0 aliphatic carbocycles. The van der Waals surface area contributed by atoms with Crippen molar-refractivity contribution in [1.82, 2.24) is 0 Å². The van der Waals surface area contributed by atoms with Gasteiger partial charge in [0.15, 0.2) is 6.61 Å². The van der Waals surface area contributed by atoms with E-state index in [0.717, 1.165) is 12.1 Å². The Labute approximate surface area is 167 Å². The summed E-state index contributed by atoms with van der Waals surface area (Å²) in [4.78, 5) is 23.8. The quantitative estimate of drug-likeness (QED) is 0.390. The predicted molar refractivity (Wildman–Crippen MR) is 94.1 cm³/mol. The first-order chi connectivity index (χ1) is 14.1. The second-order valence-corrected chi connectivity index (χ2v) is 5.83. The third-order valence-electron chi connectivity index (χ3n) is 3.56. The Morgan fingerprint density at radius 2 is 1.67 bits per heavy atom. The summed E-state index contributed by atoms with van der Waals surface area (Å²) in [5.41, 5.74) is -1.81. The lowest BCUT2D eigenvalue weighted by Gasteiger charge is -2.15. The molecule has 162 valence electrons. The maximum Gasteiger partial charge on any atom is 0.416 e. The van der Waals surface area contributed by atoms with E-state index in [9.17, 15) is 31.5 Å². The normalized spacial score (nSPS) is 11.1. The third kappa shape index (κ3) is 6.69. The molecule has 6 nitrogen and oxygen atoms in total. The lowest BCUT2D eigenvalue weighted by Crippen LogP contribution is -2.22. The maximum atomic E-state index is 13.1. The SMILES string of the molecule is COCCOc1ccc(C(F)(F)F)cc1NC(=O)COC(=O)c1cc(F)cc(F)c1. The topological polar surface area (TPSA) is 73.9 Å². The van der Waals surface area contributed by atoms with Gasteiger partial charge in [0.2, 0.25) is 0 Å². The molecule has 0 unspecified atom stereocenters. The molecule has 0 saturated carbocycles. The first kappa shape index (κ1) is 23.1. The van der Waals surface area contributed by atoms with Gasteiger partial charge in [-0.15, -0.1) is 0 Å². The Morgan fingerprint density at radius 1 is 1.00 bits per heavy atom. The first-order valence-corrected chi connectivity index (χ1v) is 8.36. The van der Waals surface area contributed by atoms with E-state index < -0.39 is 47.4 Å². The van der Waals surface area contributed by atoms with E-state index in [1.807, 2.05) is 0 Å². The zero-order valence-electron chi connectivity index (χ0n) is 15.5. The van der Waals surface area contributed by atoms with Gasteiger partial charge in [0.25, 0.3) is 5.91 Å². The van der Waals surface area contributed by atoms with Gasteiger partial charge in [-0.1, -0.05) is 0 Å². The lowest BCUT2D eigenvalue weighted by molar-refractivity contribution is -0.137. The van der Waals surface area contributed by atoms with Gasteiger partial charge >= 0.3 is 12.1 Å². The minimum absolute atomic E-state index is 0.00482. The van der Waals surface area contributed by atoms with Gasteiger partial charge in [-0.25, -0.2) is 13.6 Å². The number of methoxy groups -OCH3 is 1. The molecule has 30 heavy (non-hydrogen) atoms. The molecule has 11 heteroatoms. The molecule has 2 aromatic carbocycles. The highest BCUT2D eigenvalue weighted by Crippen LogP contribution is 2.35. The molecule has 0 bridgehead atoms. The van der Waals surface area contributed by atoms with E-state index in [4.69, 9.17) is 9.47 Å². The van der Waals surface area contributed by atoms with Crippen LogP contribution < -0.4 is 10.1 Å². The number of hydrogen-bond donors (Lipinski definition) is 1. The van der Waals surface area contributed by atoms with E-state index in [0.29, 0.717) is 24.3 Å². The smallest absolute Gasteiger partial charge is 0.416 e. The zero-order chi connectivity index (χ0) is 22.3. The molecule has 1 amide bonds. The number of rotatable bonds is 8. The van der Waals surface area contributed by atoms with Crippen LogP contribution in [0.3, 0.4) is 0 Å². The molecule has 0 aliphatic heterocycles. The monoisotopic (exact) mass is 433 g/mol. The van der Waals surface area contributed by atoms with Crippen molar-refractivity contribution in [2.45, 2.75) is 6.18 Å². The van der Waals surface area contributed by atoms with Gasteiger partial charge in [0, 0.05) is 13.2 Å². The van der Waals surface area contributed by atoms with Crippen LogP contribution in [0.2, 0.25) is 0 Å². The second-order valence-electron chi connectivity index (χ2n) is 5.83. The van der Waals surface area contributed by atoms with Crippen LogP contribution in [0, 0.1) is 11.6 Å². The van der Waals surface area contributed by atoms with Crippen LogP contribution in [0.15, 0.2) is 36.4 Å². The van der Waals surface area contributed by atoms with Crippen LogP contribution in [0.4, 0.5) is 27.6 Å². The number of halogens is 5. The Bertz CT molecular complexity index is 896. The standard InChI is InChI=1S/C19H16F5NO5/c1-28-4-5-29-16-3-2-12(19(22,23)24)8-15(16)25-17(26)10-30-18(27)11-6-13(20)9-14(21)7-11/h2-3,6-9H,4-5,10H2,1H3,(H,25,26). The van der Waals surface area contributed by atoms with Crippen molar-refractivity contribution in [2.24, 2.45) is 0 Å². The van der Waals surface area contributed by atoms with Crippen molar-refractivity contribution in [3.05, 3.63) is 59.2 Å². The lowest BCUT2D eigenvalue weighted by atomic mass is 10.1. The second kappa shape index (κ2) is 10.0. The first-order valence-electron chi connectivity index (χ1n) is 8.36. The van der Waals surface area contributed by atoms with Gasteiger partial charge in [0.1, 0.15) is 24.0 Å². The summed E-state index contributed by atoms with van der Waals surface area (Å²) in [6.07, 6.45) is -4.67. The number of esters is 1. The highest BCUT2D eigenvalue weighted by molar-refractivity contribution is 5.96. The molecule has 0 spiro atoms. The Kier molecular flexibility index (Phi) is 7.70. The number of nitrogens with one attached hydrogen (secondary N) is 1. The molecule has 1 N–H and O–H groups in total. The molecule has 0 aliphatic rings. The van der Waals surface area contributed by atoms with Crippen molar-refractivity contribution >= 4 is 17.6 Å². The molecule has 2 aromatic rings. The Hall–Kier alpha value is -3.21. The number of hydrogen-bond acceptors (Lipinski definition) is 5. The van der Waals surface area contributed by atoms with Crippen LogP contribution in [-0.2, 0) is 20.4 Å². The molecule has 0 saturated heterocycles. The van der Waals surface area contributed by atoms with Gasteiger partial charge in [-0.05, 0) is 30.3 Å². The van der Waals surface area contributed by atoms with Gasteiger partial charge < -0.3 is 19.5 Å². The fraction of sp³-hybridized carbons (Fsp3) is 0.263. The van der Waals surface area contributed by atoms with Gasteiger partial charge in [0.05, 0.1) is 23.4 Å². The molecule has 0 fully saturated rings. The summed E-state index contributed by atoms with van der Waals surface area (Å²) in [6.45, 7) is -0.758. The summed E-state index contributed by atoms with van der Waals surface area (Å²) >= 11 is 0. The molecule has 0 aromatic heterocycles. The van der Waals surface area contributed by atoms with E-state index in [1.54, 1.807) is 0 Å². The molecule has 0 atom stereocenters. The average Bonchev–Trinajstić information content (AvgIpc) is 2.65. The number of ether oxygens (including phenoxy) is 3. The Balaban J connectivity index is 2.08. The van der Waals surface area contributed by atoms with E-state index >= 15 is 0 Å². The maximum absolute atomic E-state index is 13.1. The van der Waals surface area contributed by atoms with Gasteiger partial charge in [-0.2, -0.15) is 13.2 Å². The molecular weight excluding hydrogens is 417 g/mol.